The number of hydrogen-bond donors (Lipinski definition) is 2. The number of rotatable bonds is 5. The van der Waals surface area contributed by atoms with Crippen LogP contribution in [0.15, 0.2) is 38.8 Å². The maximum absolute atomic E-state index is 12.5. The topological polar surface area (TPSA) is 133 Å². The summed E-state index contributed by atoms with van der Waals surface area (Å²) in [5.41, 5.74) is 4.44. The largest absolute Gasteiger partial charge is 0.384 e. The number of nitrogens with two attached hydrogens (primary N) is 1. The first-order valence-electron chi connectivity index (χ1n) is 7.83. The molecule has 1 heterocycles. The van der Waals surface area contributed by atoms with Crippen molar-refractivity contribution < 1.29 is 13.2 Å². The first-order valence-corrected chi connectivity index (χ1v) is 9.31. The van der Waals surface area contributed by atoms with Gasteiger partial charge in [0.2, 0.25) is 0 Å². The van der Waals surface area contributed by atoms with Gasteiger partial charge in [-0.2, -0.15) is 0 Å². The minimum absolute atomic E-state index is 0.131. The molecule has 3 N–H and O–H groups in total. The van der Waals surface area contributed by atoms with Crippen LogP contribution in [0.1, 0.15) is 29.3 Å². The number of benzene rings is 1. The van der Waals surface area contributed by atoms with Gasteiger partial charge in [0.15, 0.2) is 0 Å². The molecule has 0 aliphatic carbocycles. The highest BCUT2D eigenvalue weighted by Crippen LogP contribution is 2.12. The van der Waals surface area contributed by atoms with Crippen LogP contribution in [-0.2, 0) is 23.6 Å². The predicted octanol–water partition coefficient (Wildman–Crippen LogP) is -0.0337. The lowest BCUT2D eigenvalue weighted by Gasteiger charge is -2.14. The predicted molar refractivity (Wildman–Crippen MR) is 96.5 cm³/mol. The van der Waals surface area contributed by atoms with Crippen LogP contribution in [0.5, 0.6) is 0 Å². The molecule has 0 saturated heterocycles. The molecule has 0 radical (unpaired) electrons. The Bertz CT molecular complexity index is 1070. The first kappa shape index (κ1) is 19.4. The first-order chi connectivity index (χ1) is 12.1. The molecule has 0 aliphatic rings. The van der Waals surface area contributed by atoms with Crippen molar-refractivity contribution in [2.45, 2.75) is 31.7 Å². The van der Waals surface area contributed by atoms with E-state index in [1.165, 1.54) is 19.2 Å². The van der Waals surface area contributed by atoms with Crippen molar-refractivity contribution in [2.75, 3.05) is 5.73 Å². The van der Waals surface area contributed by atoms with Crippen molar-refractivity contribution in [3.8, 4) is 0 Å². The standard InChI is InChI=1S/C16H20N4O5S/c1-4-9-20-13(17)12(15(22)19(3)16(20)23)14(21)18-26(24,25)11-7-5-10(2)6-8-11/h5-8H,4,9,17H2,1-3H3,(H,18,21). The second-order valence-electron chi connectivity index (χ2n) is 5.81. The number of nitrogens with zero attached hydrogens (tertiary/aromatic N) is 2. The van der Waals surface area contributed by atoms with Crippen molar-refractivity contribution >= 4 is 21.7 Å². The fourth-order valence-corrected chi connectivity index (χ4v) is 3.34. The van der Waals surface area contributed by atoms with E-state index in [1.807, 2.05) is 4.72 Å². The molecule has 0 bridgehead atoms. The van der Waals surface area contributed by atoms with Gasteiger partial charge in [0.05, 0.1) is 4.90 Å². The number of hydrogen-bond acceptors (Lipinski definition) is 6. The van der Waals surface area contributed by atoms with Gasteiger partial charge in [-0.25, -0.2) is 17.9 Å². The van der Waals surface area contributed by atoms with Gasteiger partial charge in [0, 0.05) is 13.6 Å². The third kappa shape index (κ3) is 3.54. The van der Waals surface area contributed by atoms with Gasteiger partial charge in [-0.1, -0.05) is 24.6 Å². The monoisotopic (exact) mass is 380 g/mol. The fraction of sp³-hybridized carbons (Fsp3) is 0.312. The van der Waals surface area contributed by atoms with Gasteiger partial charge >= 0.3 is 5.69 Å². The van der Waals surface area contributed by atoms with Crippen molar-refractivity contribution in [3.05, 3.63) is 56.2 Å². The van der Waals surface area contributed by atoms with Crippen molar-refractivity contribution in [1.29, 1.82) is 0 Å². The molecule has 2 aromatic rings. The van der Waals surface area contributed by atoms with E-state index in [-0.39, 0.29) is 17.3 Å². The van der Waals surface area contributed by atoms with E-state index >= 15 is 0 Å². The van der Waals surface area contributed by atoms with Gasteiger partial charge < -0.3 is 5.73 Å². The Morgan fingerprint density at radius 1 is 1.19 bits per heavy atom. The van der Waals surface area contributed by atoms with E-state index < -0.39 is 32.7 Å². The van der Waals surface area contributed by atoms with Crippen LogP contribution in [0, 0.1) is 6.92 Å². The van der Waals surface area contributed by atoms with Crippen molar-refractivity contribution in [1.82, 2.24) is 13.9 Å². The third-order valence-electron chi connectivity index (χ3n) is 3.82. The minimum Gasteiger partial charge on any atom is -0.384 e. The van der Waals surface area contributed by atoms with Gasteiger partial charge in [0.25, 0.3) is 21.5 Å². The van der Waals surface area contributed by atoms with Crippen molar-refractivity contribution in [3.63, 3.8) is 0 Å². The number of sulfonamides is 1. The SMILES string of the molecule is CCCn1c(N)c(C(=O)NS(=O)(=O)c2ccc(C)cc2)c(=O)n(C)c1=O. The highest BCUT2D eigenvalue weighted by molar-refractivity contribution is 7.90. The van der Waals surface area contributed by atoms with Crippen LogP contribution < -0.4 is 21.7 Å². The van der Waals surface area contributed by atoms with E-state index in [4.69, 9.17) is 5.73 Å². The molecular formula is C16H20N4O5S. The Morgan fingerprint density at radius 2 is 1.77 bits per heavy atom. The average Bonchev–Trinajstić information content (AvgIpc) is 2.57. The van der Waals surface area contributed by atoms with Gasteiger partial charge in [-0.15, -0.1) is 0 Å². The van der Waals surface area contributed by atoms with Crippen molar-refractivity contribution in [2.24, 2.45) is 7.05 Å². The molecule has 9 nitrogen and oxygen atoms in total. The molecule has 10 heteroatoms. The number of amides is 1. The van der Waals surface area contributed by atoms with E-state index in [9.17, 15) is 22.8 Å². The Balaban J connectivity index is 2.52. The van der Waals surface area contributed by atoms with Gasteiger partial charge in [-0.3, -0.25) is 18.7 Å². The Labute approximate surface area is 150 Å². The molecule has 2 rings (SSSR count). The lowest BCUT2D eigenvalue weighted by molar-refractivity contribution is 0.0979. The number of aryl methyl sites for hydroxylation is 1. The molecule has 140 valence electrons. The zero-order valence-corrected chi connectivity index (χ0v) is 15.5. The summed E-state index contributed by atoms with van der Waals surface area (Å²) in [5.74, 6) is -1.55. The molecule has 0 atom stereocenters. The molecule has 0 saturated carbocycles. The zero-order chi connectivity index (χ0) is 19.6. The molecule has 1 aromatic carbocycles. The molecule has 0 unspecified atom stereocenters. The second kappa shape index (κ2) is 7.16. The summed E-state index contributed by atoms with van der Waals surface area (Å²) in [6.07, 6.45) is 0.533. The number of nitrogens with one attached hydrogen (secondary N) is 1. The molecule has 0 spiro atoms. The van der Waals surface area contributed by atoms with E-state index in [0.29, 0.717) is 6.42 Å². The smallest absolute Gasteiger partial charge is 0.332 e. The summed E-state index contributed by atoms with van der Waals surface area (Å²) in [6, 6.07) is 5.83. The zero-order valence-electron chi connectivity index (χ0n) is 14.6. The number of anilines is 1. The molecule has 1 amide bonds. The summed E-state index contributed by atoms with van der Waals surface area (Å²) in [5, 5.41) is 0. The second-order valence-corrected chi connectivity index (χ2v) is 7.49. The van der Waals surface area contributed by atoms with Gasteiger partial charge in [0.1, 0.15) is 11.4 Å². The molecule has 0 aliphatic heterocycles. The van der Waals surface area contributed by atoms with Crippen LogP contribution in [0.2, 0.25) is 0 Å². The number of carbonyl (C=O) groups is 1. The van der Waals surface area contributed by atoms with Crippen LogP contribution >= 0.6 is 0 Å². The maximum Gasteiger partial charge on any atom is 0.332 e. The Morgan fingerprint density at radius 3 is 2.31 bits per heavy atom. The number of carbonyl (C=O) groups excluding carboxylic acids is 1. The van der Waals surface area contributed by atoms with Gasteiger partial charge in [-0.05, 0) is 25.5 Å². The highest BCUT2D eigenvalue weighted by Gasteiger charge is 2.25. The number of aromatic nitrogens is 2. The molecular weight excluding hydrogens is 360 g/mol. The van der Waals surface area contributed by atoms with E-state index in [1.54, 1.807) is 26.0 Å². The van der Waals surface area contributed by atoms with Crippen LogP contribution in [-0.4, -0.2) is 23.5 Å². The van der Waals surface area contributed by atoms with Crippen LogP contribution in [0.4, 0.5) is 5.82 Å². The van der Waals surface area contributed by atoms with Crippen LogP contribution in [0.25, 0.3) is 0 Å². The fourth-order valence-electron chi connectivity index (χ4n) is 2.39. The maximum atomic E-state index is 12.5. The van der Waals surface area contributed by atoms with Crippen LogP contribution in [0.3, 0.4) is 0 Å². The third-order valence-corrected chi connectivity index (χ3v) is 5.16. The normalized spacial score (nSPS) is 11.3. The molecule has 0 fully saturated rings. The molecule has 1 aromatic heterocycles. The lowest BCUT2D eigenvalue weighted by Crippen LogP contribution is -2.45. The van der Waals surface area contributed by atoms with E-state index in [0.717, 1.165) is 14.7 Å². The minimum atomic E-state index is -4.20. The summed E-state index contributed by atoms with van der Waals surface area (Å²) in [6.45, 7) is 3.76. The highest BCUT2D eigenvalue weighted by atomic mass is 32.2. The Hall–Kier alpha value is -2.88. The Kier molecular flexibility index (Phi) is 5.36. The summed E-state index contributed by atoms with van der Waals surface area (Å²) in [7, 11) is -3.00. The number of nitrogen functional groups attached to an aromatic ring is 1. The summed E-state index contributed by atoms with van der Waals surface area (Å²) < 4.78 is 28.3. The summed E-state index contributed by atoms with van der Waals surface area (Å²) >= 11 is 0. The van der Waals surface area contributed by atoms with E-state index in [2.05, 4.69) is 0 Å². The lowest BCUT2D eigenvalue weighted by atomic mass is 10.2. The summed E-state index contributed by atoms with van der Waals surface area (Å²) in [4.78, 5) is 36.7. The molecule has 26 heavy (non-hydrogen) atoms. The quantitative estimate of drug-likeness (QED) is 0.748. The average molecular weight is 380 g/mol.